The summed E-state index contributed by atoms with van der Waals surface area (Å²) in [6.07, 6.45) is 0. The first-order chi connectivity index (χ1) is 13.3. The lowest BCUT2D eigenvalue weighted by atomic mass is 10.0. The number of nitrogens with zero attached hydrogens (tertiary/aromatic N) is 2. The summed E-state index contributed by atoms with van der Waals surface area (Å²) in [6, 6.07) is 17.8. The lowest BCUT2D eigenvalue weighted by Gasteiger charge is -2.45. The first-order valence-corrected chi connectivity index (χ1v) is 10.8. The van der Waals surface area contributed by atoms with Crippen LogP contribution in [-0.2, 0) is 4.79 Å². The van der Waals surface area contributed by atoms with Gasteiger partial charge in [-0.15, -0.1) is 0 Å². The maximum absolute atomic E-state index is 11.1. The number of carbonyl (C=O) groups is 1. The summed E-state index contributed by atoms with van der Waals surface area (Å²) in [4.78, 5) is 18.1. The second kappa shape index (κ2) is 9.01. The Balaban J connectivity index is 1.79. The smallest absolute Gasteiger partial charge is 0.317 e. The van der Waals surface area contributed by atoms with Crippen LogP contribution in [0.3, 0.4) is 0 Å². The van der Waals surface area contributed by atoms with E-state index in [1.54, 1.807) is 11.8 Å². The molecule has 2 atom stereocenters. The summed E-state index contributed by atoms with van der Waals surface area (Å²) in [6.45, 7) is 10.4. The van der Waals surface area contributed by atoms with Gasteiger partial charge < -0.3 is 10.0 Å². The molecule has 150 valence electrons. The second-order valence-corrected chi connectivity index (χ2v) is 9.08. The van der Waals surface area contributed by atoms with Gasteiger partial charge in [0, 0.05) is 35.0 Å². The minimum Gasteiger partial charge on any atom is -0.480 e. The number of para-hydroxylation sites is 1. The van der Waals surface area contributed by atoms with Crippen molar-refractivity contribution >= 4 is 23.4 Å². The van der Waals surface area contributed by atoms with E-state index in [0.29, 0.717) is 5.92 Å². The highest BCUT2D eigenvalue weighted by atomic mass is 32.2. The molecule has 1 saturated heterocycles. The molecular formula is C23H30N2O2S. The Labute approximate surface area is 172 Å². The minimum absolute atomic E-state index is 0.109. The zero-order chi connectivity index (χ0) is 20.3. The Bertz CT molecular complexity index is 807. The van der Waals surface area contributed by atoms with Crippen LogP contribution in [0, 0.1) is 0 Å². The summed E-state index contributed by atoms with van der Waals surface area (Å²) < 4.78 is 0. The molecule has 2 aromatic rings. The molecule has 5 heteroatoms. The number of anilines is 1. The molecule has 3 rings (SSSR count). The monoisotopic (exact) mass is 398 g/mol. The Hall–Kier alpha value is -1.98. The van der Waals surface area contributed by atoms with E-state index in [4.69, 9.17) is 5.11 Å². The van der Waals surface area contributed by atoms with Crippen molar-refractivity contribution in [3.8, 4) is 0 Å². The highest BCUT2D eigenvalue weighted by Crippen LogP contribution is 2.37. The van der Waals surface area contributed by atoms with Crippen LogP contribution in [0.1, 0.15) is 39.2 Å². The molecule has 0 aromatic heterocycles. The van der Waals surface area contributed by atoms with Gasteiger partial charge in [-0.2, -0.15) is 0 Å². The largest absolute Gasteiger partial charge is 0.480 e. The Kier molecular flexibility index (Phi) is 6.68. The average Bonchev–Trinajstić information content (AvgIpc) is 2.65. The van der Waals surface area contributed by atoms with Crippen LogP contribution in [0.4, 0.5) is 5.69 Å². The number of piperazine rings is 1. The molecule has 0 aliphatic carbocycles. The lowest BCUT2D eigenvalue weighted by molar-refractivity contribution is -0.139. The van der Waals surface area contributed by atoms with Crippen molar-refractivity contribution in [3.05, 3.63) is 54.1 Å². The van der Waals surface area contributed by atoms with Gasteiger partial charge in [-0.3, -0.25) is 9.69 Å². The first-order valence-electron chi connectivity index (χ1n) is 9.94. The fourth-order valence-corrected chi connectivity index (χ4v) is 4.72. The SMILES string of the molecule is CC(C)c1ccc(Sc2ccccc2N2CC(C)N(CC(=O)O)CC2C)cc1. The molecule has 2 aromatic carbocycles. The van der Waals surface area contributed by atoms with Crippen LogP contribution in [-0.4, -0.2) is 47.7 Å². The third-order valence-corrected chi connectivity index (χ3v) is 6.48. The predicted molar refractivity (Wildman–Crippen MR) is 117 cm³/mol. The normalized spacial score (nSPS) is 20.5. The van der Waals surface area contributed by atoms with Crippen molar-refractivity contribution in [2.75, 3.05) is 24.5 Å². The minimum atomic E-state index is -0.756. The van der Waals surface area contributed by atoms with E-state index in [1.165, 1.54) is 21.0 Å². The Morgan fingerprint density at radius 2 is 1.75 bits per heavy atom. The molecule has 1 fully saturated rings. The number of aliphatic carboxylic acids is 1. The topological polar surface area (TPSA) is 43.8 Å². The van der Waals surface area contributed by atoms with Crippen LogP contribution >= 0.6 is 11.8 Å². The zero-order valence-electron chi connectivity index (χ0n) is 17.1. The van der Waals surface area contributed by atoms with Gasteiger partial charge in [-0.1, -0.05) is 49.9 Å². The van der Waals surface area contributed by atoms with Crippen LogP contribution in [0.15, 0.2) is 58.3 Å². The molecule has 0 saturated carbocycles. The van der Waals surface area contributed by atoms with Crippen LogP contribution in [0.5, 0.6) is 0 Å². The van der Waals surface area contributed by atoms with Gasteiger partial charge in [0.15, 0.2) is 0 Å². The van der Waals surface area contributed by atoms with E-state index in [0.717, 1.165) is 13.1 Å². The first kappa shape index (κ1) is 20.7. The molecule has 4 nitrogen and oxygen atoms in total. The maximum atomic E-state index is 11.1. The second-order valence-electron chi connectivity index (χ2n) is 7.97. The van der Waals surface area contributed by atoms with Gasteiger partial charge in [-0.25, -0.2) is 0 Å². The zero-order valence-corrected chi connectivity index (χ0v) is 17.9. The third kappa shape index (κ3) is 4.89. The van der Waals surface area contributed by atoms with Crippen molar-refractivity contribution in [2.45, 2.75) is 55.5 Å². The number of carboxylic acids is 1. The molecule has 28 heavy (non-hydrogen) atoms. The molecule has 1 aliphatic rings. The number of benzene rings is 2. The van der Waals surface area contributed by atoms with E-state index in [9.17, 15) is 4.79 Å². The van der Waals surface area contributed by atoms with Crippen molar-refractivity contribution < 1.29 is 9.90 Å². The number of carboxylic acid groups (broad SMARTS) is 1. The van der Waals surface area contributed by atoms with E-state index in [1.807, 2.05) is 0 Å². The number of hydrogen-bond acceptors (Lipinski definition) is 4. The highest BCUT2D eigenvalue weighted by molar-refractivity contribution is 7.99. The fourth-order valence-electron chi connectivity index (χ4n) is 3.76. The standard InChI is InChI=1S/C23H30N2O2S/c1-16(2)19-9-11-20(12-10-19)28-22-8-6-5-7-21(22)25-14-17(3)24(13-18(25)4)15-23(26)27/h5-12,16-18H,13-15H2,1-4H3,(H,26,27). The molecule has 1 heterocycles. The Morgan fingerprint density at radius 1 is 1.07 bits per heavy atom. The summed E-state index contributed by atoms with van der Waals surface area (Å²) in [5, 5.41) is 9.16. The Morgan fingerprint density at radius 3 is 2.39 bits per heavy atom. The average molecular weight is 399 g/mol. The molecule has 0 spiro atoms. The van der Waals surface area contributed by atoms with Crippen LogP contribution in [0.25, 0.3) is 0 Å². The number of rotatable bonds is 6. The van der Waals surface area contributed by atoms with Gasteiger partial charge in [0.05, 0.1) is 12.2 Å². The summed E-state index contributed by atoms with van der Waals surface area (Å²) in [5.74, 6) is -0.218. The third-order valence-electron chi connectivity index (χ3n) is 5.40. The molecular weight excluding hydrogens is 368 g/mol. The summed E-state index contributed by atoms with van der Waals surface area (Å²) in [5.41, 5.74) is 2.59. The van der Waals surface area contributed by atoms with Crippen molar-refractivity contribution in [2.24, 2.45) is 0 Å². The van der Waals surface area contributed by atoms with Crippen molar-refractivity contribution in [1.82, 2.24) is 4.90 Å². The summed E-state index contributed by atoms with van der Waals surface area (Å²) >= 11 is 1.79. The van der Waals surface area contributed by atoms with Gasteiger partial charge in [0.25, 0.3) is 0 Å². The van der Waals surface area contributed by atoms with Crippen molar-refractivity contribution in [3.63, 3.8) is 0 Å². The van der Waals surface area contributed by atoms with Crippen LogP contribution in [0.2, 0.25) is 0 Å². The van der Waals surface area contributed by atoms with Gasteiger partial charge in [0.2, 0.25) is 0 Å². The molecule has 0 radical (unpaired) electrons. The van der Waals surface area contributed by atoms with Crippen LogP contribution < -0.4 is 4.90 Å². The van der Waals surface area contributed by atoms with Gasteiger partial charge in [0.1, 0.15) is 0 Å². The highest BCUT2D eigenvalue weighted by Gasteiger charge is 2.31. The summed E-state index contributed by atoms with van der Waals surface area (Å²) in [7, 11) is 0. The van der Waals surface area contributed by atoms with Gasteiger partial charge >= 0.3 is 5.97 Å². The van der Waals surface area contributed by atoms with E-state index in [2.05, 4.69) is 86.0 Å². The molecule has 1 N–H and O–H groups in total. The predicted octanol–water partition coefficient (Wildman–Crippen LogP) is 4.94. The number of hydrogen-bond donors (Lipinski definition) is 1. The van der Waals surface area contributed by atoms with E-state index < -0.39 is 5.97 Å². The quantitative estimate of drug-likeness (QED) is 0.746. The van der Waals surface area contributed by atoms with E-state index in [-0.39, 0.29) is 18.6 Å². The molecule has 1 aliphatic heterocycles. The van der Waals surface area contributed by atoms with Crippen molar-refractivity contribution in [1.29, 1.82) is 0 Å². The fraction of sp³-hybridized carbons (Fsp3) is 0.435. The van der Waals surface area contributed by atoms with Gasteiger partial charge in [-0.05, 0) is 49.6 Å². The maximum Gasteiger partial charge on any atom is 0.317 e. The van der Waals surface area contributed by atoms with E-state index >= 15 is 0 Å². The molecule has 2 unspecified atom stereocenters. The molecule has 0 amide bonds. The molecule has 0 bridgehead atoms. The lowest BCUT2D eigenvalue weighted by Crippen LogP contribution is -2.57.